The van der Waals surface area contributed by atoms with E-state index in [9.17, 15) is 9.59 Å². The summed E-state index contributed by atoms with van der Waals surface area (Å²) >= 11 is 0. The number of nitrogens with one attached hydrogen (secondary N) is 1. The molecule has 1 aliphatic rings. The Kier molecular flexibility index (Phi) is 4.16. The van der Waals surface area contributed by atoms with E-state index in [0.717, 1.165) is 5.56 Å². The average Bonchev–Trinajstić information content (AvgIpc) is 2.85. The second-order valence-electron chi connectivity index (χ2n) is 4.69. The average molecular weight is 263 g/mol. The SMILES string of the molecule is Cc1ccccc1C(=O)NCC1CCC(C(=O)O)O1. The van der Waals surface area contributed by atoms with Gasteiger partial charge in [-0.2, -0.15) is 0 Å². The second-order valence-corrected chi connectivity index (χ2v) is 4.69. The summed E-state index contributed by atoms with van der Waals surface area (Å²) in [6, 6.07) is 7.33. The Morgan fingerprint density at radius 2 is 2.11 bits per heavy atom. The van der Waals surface area contributed by atoms with Gasteiger partial charge in [0.05, 0.1) is 6.10 Å². The lowest BCUT2D eigenvalue weighted by molar-refractivity contribution is -0.149. The Bertz CT molecular complexity index is 486. The van der Waals surface area contributed by atoms with Crippen molar-refractivity contribution in [2.24, 2.45) is 0 Å². The van der Waals surface area contributed by atoms with Crippen LogP contribution in [0, 0.1) is 6.92 Å². The number of hydrogen-bond donors (Lipinski definition) is 2. The minimum atomic E-state index is -0.937. The fourth-order valence-electron chi connectivity index (χ4n) is 2.17. The summed E-state index contributed by atoms with van der Waals surface area (Å²) < 4.78 is 5.33. The fourth-order valence-corrected chi connectivity index (χ4v) is 2.17. The van der Waals surface area contributed by atoms with Gasteiger partial charge in [0.15, 0.2) is 6.10 Å². The van der Waals surface area contributed by atoms with Crippen molar-refractivity contribution >= 4 is 11.9 Å². The molecule has 2 N–H and O–H groups in total. The molecule has 0 aliphatic carbocycles. The number of carbonyl (C=O) groups excluding carboxylic acids is 1. The van der Waals surface area contributed by atoms with Crippen LogP contribution in [0.2, 0.25) is 0 Å². The van der Waals surface area contributed by atoms with Crippen molar-refractivity contribution in [3.63, 3.8) is 0 Å². The van der Waals surface area contributed by atoms with Crippen LogP contribution in [0.3, 0.4) is 0 Å². The summed E-state index contributed by atoms with van der Waals surface area (Å²) in [6.07, 6.45) is 0.208. The van der Waals surface area contributed by atoms with Crippen molar-refractivity contribution in [3.8, 4) is 0 Å². The van der Waals surface area contributed by atoms with Gasteiger partial charge in [0.2, 0.25) is 0 Å². The lowest BCUT2D eigenvalue weighted by Crippen LogP contribution is -2.33. The molecule has 1 heterocycles. The van der Waals surface area contributed by atoms with Crippen LogP contribution < -0.4 is 5.32 Å². The maximum atomic E-state index is 12.0. The zero-order valence-corrected chi connectivity index (χ0v) is 10.8. The highest BCUT2D eigenvalue weighted by Crippen LogP contribution is 2.19. The summed E-state index contributed by atoms with van der Waals surface area (Å²) in [5.74, 6) is -1.09. The van der Waals surface area contributed by atoms with Gasteiger partial charge in [-0.05, 0) is 31.4 Å². The van der Waals surface area contributed by atoms with Gasteiger partial charge in [0.1, 0.15) is 0 Å². The van der Waals surface area contributed by atoms with E-state index in [4.69, 9.17) is 9.84 Å². The summed E-state index contributed by atoms with van der Waals surface area (Å²) in [7, 11) is 0. The van der Waals surface area contributed by atoms with Crippen LogP contribution in [0.25, 0.3) is 0 Å². The van der Waals surface area contributed by atoms with E-state index in [1.807, 2.05) is 25.1 Å². The first kappa shape index (κ1) is 13.5. The van der Waals surface area contributed by atoms with Crippen LogP contribution in [0.1, 0.15) is 28.8 Å². The number of aryl methyl sites for hydroxylation is 1. The molecule has 1 aliphatic heterocycles. The molecule has 5 heteroatoms. The van der Waals surface area contributed by atoms with Crippen LogP contribution in [-0.2, 0) is 9.53 Å². The molecule has 0 bridgehead atoms. The molecule has 0 aromatic heterocycles. The summed E-state index contributed by atoms with van der Waals surface area (Å²) in [6.45, 7) is 2.22. The number of aliphatic carboxylic acids is 1. The molecule has 1 aromatic rings. The zero-order valence-electron chi connectivity index (χ0n) is 10.8. The monoisotopic (exact) mass is 263 g/mol. The quantitative estimate of drug-likeness (QED) is 0.860. The predicted octanol–water partition coefficient (Wildman–Crippen LogP) is 1.36. The first-order chi connectivity index (χ1) is 9.08. The van der Waals surface area contributed by atoms with Crippen LogP contribution >= 0.6 is 0 Å². The molecule has 2 rings (SSSR count). The second kappa shape index (κ2) is 5.84. The maximum absolute atomic E-state index is 12.0. The number of carboxylic acids is 1. The molecule has 0 saturated carbocycles. The highest BCUT2D eigenvalue weighted by Gasteiger charge is 2.30. The van der Waals surface area contributed by atoms with Gasteiger partial charge >= 0.3 is 5.97 Å². The van der Waals surface area contributed by atoms with Crippen LogP contribution in [0.4, 0.5) is 0 Å². The molecule has 0 radical (unpaired) electrons. The highest BCUT2D eigenvalue weighted by molar-refractivity contribution is 5.95. The third kappa shape index (κ3) is 3.32. The largest absolute Gasteiger partial charge is 0.479 e. The number of ether oxygens (including phenoxy) is 1. The molecular formula is C14H17NO4. The minimum absolute atomic E-state index is 0.152. The predicted molar refractivity (Wildman–Crippen MR) is 69.0 cm³/mol. The number of carboxylic acid groups (broad SMARTS) is 1. The van der Waals surface area contributed by atoms with Crippen LogP contribution in [-0.4, -0.2) is 35.7 Å². The van der Waals surface area contributed by atoms with E-state index in [1.54, 1.807) is 6.07 Å². The lowest BCUT2D eigenvalue weighted by Gasteiger charge is -2.13. The molecule has 1 fully saturated rings. The molecule has 0 spiro atoms. The van der Waals surface area contributed by atoms with Gasteiger partial charge in [-0.25, -0.2) is 4.79 Å². The highest BCUT2D eigenvalue weighted by atomic mass is 16.5. The standard InChI is InChI=1S/C14H17NO4/c1-9-4-2-3-5-11(9)13(16)15-8-10-6-7-12(19-10)14(17)18/h2-5,10,12H,6-8H2,1H3,(H,15,16)(H,17,18). The van der Waals surface area contributed by atoms with E-state index in [1.165, 1.54) is 0 Å². The number of carbonyl (C=O) groups is 2. The lowest BCUT2D eigenvalue weighted by atomic mass is 10.1. The summed E-state index contributed by atoms with van der Waals surface area (Å²) in [5, 5.41) is 11.6. The summed E-state index contributed by atoms with van der Waals surface area (Å²) in [5.41, 5.74) is 1.55. The van der Waals surface area contributed by atoms with E-state index in [-0.39, 0.29) is 12.0 Å². The Labute approximate surface area is 111 Å². The van der Waals surface area contributed by atoms with Crippen molar-refractivity contribution in [1.29, 1.82) is 0 Å². The Morgan fingerprint density at radius 1 is 1.37 bits per heavy atom. The zero-order chi connectivity index (χ0) is 13.8. The van der Waals surface area contributed by atoms with E-state index in [0.29, 0.717) is 24.9 Å². The maximum Gasteiger partial charge on any atom is 0.332 e. The van der Waals surface area contributed by atoms with Crippen molar-refractivity contribution in [1.82, 2.24) is 5.32 Å². The fraction of sp³-hybridized carbons (Fsp3) is 0.429. The topological polar surface area (TPSA) is 75.6 Å². The van der Waals surface area contributed by atoms with Gasteiger partial charge in [-0.1, -0.05) is 18.2 Å². The molecule has 5 nitrogen and oxygen atoms in total. The first-order valence-corrected chi connectivity index (χ1v) is 6.30. The van der Waals surface area contributed by atoms with Crippen LogP contribution in [0.5, 0.6) is 0 Å². The van der Waals surface area contributed by atoms with E-state index in [2.05, 4.69) is 5.32 Å². The smallest absolute Gasteiger partial charge is 0.332 e. The van der Waals surface area contributed by atoms with Gasteiger partial charge < -0.3 is 15.2 Å². The number of amides is 1. The molecule has 2 atom stereocenters. The Balaban J connectivity index is 1.85. The van der Waals surface area contributed by atoms with E-state index < -0.39 is 12.1 Å². The van der Waals surface area contributed by atoms with Crippen molar-refractivity contribution in [3.05, 3.63) is 35.4 Å². The number of hydrogen-bond acceptors (Lipinski definition) is 3. The van der Waals surface area contributed by atoms with Gasteiger partial charge in [0.25, 0.3) is 5.91 Å². The molecule has 19 heavy (non-hydrogen) atoms. The van der Waals surface area contributed by atoms with E-state index >= 15 is 0 Å². The number of benzene rings is 1. The molecule has 1 amide bonds. The molecule has 1 saturated heterocycles. The van der Waals surface area contributed by atoms with Gasteiger partial charge in [-0.15, -0.1) is 0 Å². The van der Waals surface area contributed by atoms with Crippen molar-refractivity contribution < 1.29 is 19.4 Å². The third-order valence-corrected chi connectivity index (χ3v) is 3.26. The van der Waals surface area contributed by atoms with Crippen molar-refractivity contribution in [2.45, 2.75) is 32.0 Å². The molecule has 1 aromatic carbocycles. The Morgan fingerprint density at radius 3 is 2.74 bits per heavy atom. The Hall–Kier alpha value is -1.88. The first-order valence-electron chi connectivity index (χ1n) is 6.30. The molecule has 2 unspecified atom stereocenters. The van der Waals surface area contributed by atoms with Crippen LogP contribution in [0.15, 0.2) is 24.3 Å². The third-order valence-electron chi connectivity index (χ3n) is 3.26. The molecular weight excluding hydrogens is 246 g/mol. The molecule has 102 valence electrons. The van der Waals surface area contributed by atoms with Gasteiger partial charge in [0, 0.05) is 12.1 Å². The normalized spacial score (nSPS) is 22.2. The number of rotatable bonds is 4. The van der Waals surface area contributed by atoms with Gasteiger partial charge in [-0.3, -0.25) is 4.79 Å². The van der Waals surface area contributed by atoms with Crippen molar-refractivity contribution in [2.75, 3.05) is 6.54 Å². The summed E-state index contributed by atoms with van der Waals surface area (Å²) in [4.78, 5) is 22.7. The minimum Gasteiger partial charge on any atom is -0.479 e.